The van der Waals surface area contributed by atoms with Gasteiger partial charge in [0, 0.05) is 47.8 Å². The maximum atomic E-state index is 11.7. The van der Waals surface area contributed by atoms with Gasteiger partial charge in [0.1, 0.15) is 5.75 Å². The van der Waals surface area contributed by atoms with Crippen LogP contribution in [-0.2, 0) is 17.8 Å². The van der Waals surface area contributed by atoms with Crippen molar-refractivity contribution in [3.8, 4) is 5.75 Å². The van der Waals surface area contributed by atoms with Gasteiger partial charge in [0.05, 0.1) is 6.42 Å². The standard InChI is InChI=1S/C15H15NO2.Pr/c16-11-13-6-4-5-12(9-13)10-15(17)18-14-7-2-1-3-8-14;/h1-9H,10-11,16H2;. The maximum absolute atomic E-state index is 11.7. The third kappa shape index (κ3) is 5.39. The van der Waals surface area contributed by atoms with Gasteiger partial charge in [0.2, 0.25) is 0 Å². The quantitative estimate of drug-likeness (QED) is 0.652. The van der Waals surface area contributed by atoms with E-state index in [4.69, 9.17) is 10.5 Å². The minimum Gasteiger partial charge on any atom is -0.426 e. The molecule has 0 aliphatic heterocycles. The molecule has 0 saturated heterocycles. The van der Waals surface area contributed by atoms with Crippen molar-refractivity contribution in [3.05, 3.63) is 65.7 Å². The van der Waals surface area contributed by atoms with Crippen molar-refractivity contribution in [1.29, 1.82) is 0 Å². The van der Waals surface area contributed by atoms with Crippen LogP contribution in [0.1, 0.15) is 11.1 Å². The Hall–Kier alpha value is -0.766. The summed E-state index contributed by atoms with van der Waals surface area (Å²) in [4.78, 5) is 11.7. The number of nitrogens with two attached hydrogens (primary N) is 1. The second-order valence-electron chi connectivity index (χ2n) is 3.99. The Morgan fingerprint density at radius 1 is 1.00 bits per heavy atom. The van der Waals surface area contributed by atoms with Gasteiger partial charge in [-0.25, -0.2) is 0 Å². The van der Waals surface area contributed by atoms with Crippen molar-refractivity contribution < 1.29 is 50.8 Å². The van der Waals surface area contributed by atoms with E-state index < -0.39 is 0 Å². The number of benzene rings is 2. The van der Waals surface area contributed by atoms with Crippen LogP contribution in [0.4, 0.5) is 0 Å². The average Bonchev–Trinajstić information content (AvgIpc) is 2.40. The summed E-state index contributed by atoms with van der Waals surface area (Å²) in [6.45, 7) is 0.474. The second-order valence-corrected chi connectivity index (χ2v) is 3.99. The molecule has 0 spiro atoms. The predicted octanol–water partition coefficient (Wildman–Crippen LogP) is 2.29. The molecule has 0 aliphatic rings. The Labute approximate surface area is 146 Å². The van der Waals surface area contributed by atoms with Gasteiger partial charge in [-0.2, -0.15) is 0 Å². The molecule has 0 aliphatic carbocycles. The summed E-state index contributed by atoms with van der Waals surface area (Å²) in [6.07, 6.45) is 0.253. The number of carbonyl (C=O) groups is 1. The number of para-hydroxylation sites is 1. The summed E-state index contributed by atoms with van der Waals surface area (Å²) in [5.41, 5.74) is 7.49. The summed E-state index contributed by atoms with van der Waals surface area (Å²) in [7, 11) is 0. The van der Waals surface area contributed by atoms with Gasteiger partial charge in [-0.05, 0) is 23.3 Å². The first-order valence-electron chi connectivity index (χ1n) is 5.81. The topological polar surface area (TPSA) is 52.3 Å². The third-order valence-electron chi connectivity index (χ3n) is 2.55. The first-order valence-corrected chi connectivity index (χ1v) is 5.81. The smallest absolute Gasteiger partial charge is 0.315 e. The van der Waals surface area contributed by atoms with Crippen LogP contribution in [0.5, 0.6) is 5.75 Å². The minimum absolute atomic E-state index is 0. The van der Waals surface area contributed by atoms with Gasteiger partial charge in [-0.3, -0.25) is 4.79 Å². The van der Waals surface area contributed by atoms with Crippen LogP contribution in [0, 0.1) is 41.3 Å². The van der Waals surface area contributed by atoms with Crippen LogP contribution in [0.2, 0.25) is 0 Å². The van der Waals surface area contributed by atoms with Crippen molar-refractivity contribution in [1.82, 2.24) is 0 Å². The van der Waals surface area contributed by atoms with Crippen molar-refractivity contribution in [3.63, 3.8) is 0 Å². The first-order chi connectivity index (χ1) is 8.78. The number of hydrogen-bond acceptors (Lipinski definition) is 3. The molecule has 0 heterocycles. The monoisotopic (exact) mass is 382 g/mol. The van der Waals surface area contributed by atoms with E-state index in [2.05, 4.69) is 0 Å². The van der Waals surface area contributed by atoms with E-state index in [1.807, 2.05) is 42.5 Å². The molecule has 0 aromatic heterocycles. The molecule has 95 valence electrons. The third-order valence-corrected chi connectivity index (χ3v) is 2.55. The molecule has 0 amide bonds. The van der Waals surface area contributed by atoms with Crippen LogP contribution in [0.3, 0.4) is 0 Å². The molecular weight excluding hydrogens is 367 g/mol. The van der Waals surface area contributed by atoms with Gasteiger partial charge in [-0.1, -0.05) is 42.5 Å². The molecule has 1 radical (unpaired) electrons. The van der Waals surface area contributed by atoms with Crippen LogP contribution < -0.4 is 10.5 Å². The second kappa shape index (κ2) is 8.41. The molecule has 2 rings (SSSR count). The van der Waals surface area contributed by atoms with Gasteiger partial charge in [0.15, 0.2) is 0 Å². The number of carbonyl (C=O) groups excluding carboxylic acids is 1. The summed E-state index contributed by atoms with van der Waals surface area (Å²) < 4.78 is 5.22. The van der Waals surface area contributed by atoms with E-state index in [1.54, 1.807) is 12.1 Å². The SMILES string of the molecule is NCc1cccc(CC(=O)Oc2ccccc2)c1.[Pr]. The molecule has 2 aromatic rings. The Balaban J connectivity index is 0.00000180. The zero-order valence-corrected chi connectivity index (χ0v) is 14.3. The fourth-order valence-electron chi connectivity index (χ4n) is 1.69. The summed E-state index contributed by atoms with van der Waals surface area (Å²) >= 11 is 0. The number of ether oxygens (including phenoxy) is 1. The molecule has 0 saturated carbocycles. The minimum atomic E-state index is -0.268. The van der Waals surface area contributed by atoms with Crippen molar-refractivity contribution in [2.45, 2.75) is 13.0 Å². The fraction of sp³-hybridized carbons (Fsp3) is 0.133. The number of rotatable bonds is 4. The first kappa shape index (κ1) is 16.3. The fourth-order valence-corrected chi connectivity index (χ4v) is 1.69. The molecule has 2 N–H and O–H groups in total. The van der Waals surface area contributed by atoms with Crippen LogP contribution in [-0.4, -0.2) is 5.97 Å². The maximum Gasteiger partial charge on any atom is 0.315 e. The summed E-state index contributed by atoms with van der Waals surface area (Å²) in [5.74, 6) is 0.299. The zero-order chi connectivity index (χ0) is 12.8. The van der Waals surface area contributed by atoms with Crippen molar-refractivity contribution in [2.24, 2.45) is 5.73 Å². The predicted molar refractivity (Wildman–Crippen MR) is 70.1 cm³/mol. The zero-order valence-electron chi connectivity index (χ0n) is 10.6. The van der Waals surface area contributed by atoms with E-state index in [0.717, 1.165) is 11.1 Å². The van der Waals surface area contributed by atoms with Crippen LogP contribution in [0.25, 0.3) is 0 Å². The van der Waals surface area contributed by atoms with Gasteiger partial charge in [-0.15, -0.1) is 0 Å². The van der Waals surface area contributed by atoms with E-state index in [-0.39, 0.29) is 53.7 Å². The van der Waals surface area contributed by atoms with E-state index >= 15 is 0 Å². The largest absolute Gasteiger partial charge is 0.426 e. The van der Waals surface area contributed by atoms with E-state index in [0.29, 0.717) is 12.3 Å². The normalized spacial score (nSPS) is 9.53. The molecule has 0 unspecified atom stereocenters. The number of hydrogen-bond donors (Lipinski definition) is 1. The molecular formula is C15H15NO2Pr. The van der Waals surface area contributed by atoms with Crippen LogP contribution >= 0.6 is 0 Å². The Kier molecular flexibility index (Phi) is 7.21. The van der Waals surface area contributed by atoms with E-state index in [1.165, 1.54) is 0 Å². The van der Waals surface area contributed by atoms with E-state index in [9.17, 15) is 4.79 Å². The Morgan fingerprint density at radius 3 is 2.37 bits per heavy atom. The summed E-state index contributed by atoms with van der Waals surface area (Å²) in [6, 6.07) is 16.7. The number of esters is 1. The van der Waals surface area contributed by atoms with Crippen molar-refractivity contribution in [2.75, 3.05) is 0 Å². The molecule has 2 aromatic carbocycles. The Bertz CT molecular complexity index is 529. The summed E-state index contributed by atoms with van der Waals surface area (Å²) in [5, 5.41) is 0. The molecule has 3 nitrogen and oxygen atoms in total. The van der Waals surface area contributed by atoms with Gasteiger partial charge < -0.3 is 10.5 Å². The molecule has 4 heteroatoms. The molecule has 0 bridgehead atoms. The molecule has 19 heavy (non-hydrogen) atoms. The van der Waals surface area contributed by atoms with Crippen molar-refractivity contribution >= 4 is 5.97 Å². The molecule has 0 atom stereocenters. The molecule has 0 fully saturated rings. The Morgan fingerprint density at radius 2 is 1.68 bits per heavy atom. The average molecular weight is 382 g/mol. The van der Waals surface area contributed by atoms with Crippen LogP contribution in [0.15, 0.2) is 54.6 Å². The van der Waals surface area contributed by atoms with Gasteiger partial charge in [0.25, 0.3) is 0 Å². The van der Waals surface area contributed by atoms with Gasteiger partial charge >= 0.3 is 5.97 Å².